The number of rotatable bonds is 9. The largest absolute Gasteiger partial charge is 0.396 e. The lowest BCUT2D eigenvalue weighted by molar-refractivity contribution is 0.0939. The first-order chi connectivity index (χ1) is 13.5. The molecule has 1 aromatic carbocycles. The van der Waals surface area contributed by atoms with Crippen molar-refractivity contribution in [2.45, 2.75) is 45.7 Å². The lowest BCUT2D eigenvalue weighted by atomic mass is 9.84. The average molecular weight is 518 g/mol. The molecular weight excluding hydrogens is 483 g/mol. The monoisotopic (exact) mass is 518 g/mol. The van der Waals surface area contributed by atoms with Crippen LogP contribution in [-0.2, 0) is 11.3 Å². The summed E-state index contributed by atoms with van der Waals surface area (Å²) in [7, 11) is 1.73. The Kier molecular flexibility index (Phi) is 11.5. The van der Waals surface area contributed by atoms with Crippen LogP contribution in [0.1, 0.15) is 49.0 Å². The summed E-state index contributed by atoms with van der Waals surface area (Å²) in [5.74, 6) is 0.643. The Hall–Kier alpha value is -1.39. The van der Waals surface area contributed by atoms with Gasteiger partial charge in [0.15, 0.2) is 5.96 Å². The van der Waals surface area contributed by atoms with Crippen LogP contribution in [0.15, 0.2) is 29.3 Å². The van der Waals surface area contributed by atoms with Gasteiger partial charge in [-0.25, -0.2) is 0 Å². The van der Waals surface area contributed by atoms with Gasteiger partial charge in [-0.15, -0.1) is 24.0 Å². The molecule has 1 aromatic rings. The molecule has 1 aliphatic rings. The minimum absolute atomic E-state index is 0. The lowest BCUT2D eigenvalue weighted by Gasteiger charge is -2.27. The molecule has 29 heavy (non-hydrogen) atoms. The second-order valence-electron chi connectivity index (χ2n) is 7.54. The van der Waals surface area contributed by atoms with E-state index in [0.717, 1.165) is 25.0 Å². The molecule has 2 rings (SSSR count). The third kappa shape index (κ3) is 8.10. The number of guanidine groups is 1. The molecule has 164 valence electrons. The highest BCUT2D eigenvalue weighted by molar-refractivity contribution is 14.0. The summed E-state index contributed by atoms with van der Waals surface area (Å²) in [6.45, 7) is 6.86. The van der Waals surface area contributed by atoms with Crippen molar-refractivity contribution in [2.75, 3.05) is 33.4 Å². The van der Waals surface area contributed by atoms with Gasteiger partial charge in [0.05, 0.1) is 6.61 Å². The fraction of sp³-hybridized carbons (Fsp3) is 0.619. The molecule has 7 nitrogen and oxygen atoms in total. The highest BCUT2D eigenvalue weighted by atomic mass is 127. The van der Waals surface area contributed by atoms with Crippen LogP contribution in [0.2, 0.25) is 0 Å². The average Bonchev–Trinajstić information content (AvgIpc) is 3.17. The lowest BCUT2D eigenvalue weighted by Crippen LogP contribution is -2.44. The fourth-order valence-corrected chi connectivity index (χ4v) is 3.22. The van der Waals surface area contributed by atoms with E-state index in [1.54, 1.807) is 7.05 Å². The number of aliphatic imine (C=N–C) groups is 1. The molecule has 1 aliphatic heterocycles. The molecule has 0 aliphatic carbocycles. The molecule has 4 N–H and O–H groups in total. The standard InChI is InChI=1S/C21H34N4O3.HI/c1-4-16(2)25-19(27)18-7-5-6-17(12-18)13-23-20(22-3)24-14-21(8-10-26)9-11-28-15-21;/h5-7,12,16,26H,4,8-11,13-15H2,1-3H3,(H,25,27)(H2,22,23,24);1H. The van der Waals surface area contributed by atoms with E-state index < -0.39 is 0 Å². The minimum Gasteiger partial charge on any atom is -0.396 e. The Bertz CT molecular complexity index is 663. The highest BCUT2D eigenvalue weighted by Crippen LogP contribution is 2.31. The molecule has 2 atom stereocenters. The number of hydrogen-bond donors (Lipinski definition) is 4. The van der Waals surface area contributed by atoms with Gasteiger partial charge in [0.2, 0.25) is 0 Å². The summed E-state index contributed by atoms with van der Waals surface area (Å²) in [6.07, 6.45) is 2.55. The molecule has 0 spiro atoms. The summed E-state index contributed by atoms with van der Waals surface area (Å²) in [5, 5.41) is 19.0. The van der Waals surface area contributed by atoms with Crippen molar-refractivity contribution in [1.29, 1.82) is 0 Å². The predicted molar refractivity (Wildman–Crippen MR) is 127 cm³/mol. The van der Waals surface area contributed by atoms with E-state index in [4.69, 9.17) is 4.74 Å². The van der Waals surface area contributed by atoms with Gasteiger partial charge in [-0.05, 0) is 43.9 Å². The number of hydrogen-bond acceptors (Lipinski definition) is 4. The van der Waals surface area contributed by atoms with Crippen LogP contribution in [-0.4, -0.2) is 56.4 Å². The van der Waals surface area contributed by atoms with Gasteiger partial charge >= 0.3 is 0 Å². The molecule has 2 unspecified atom stereocenters. The van der Waals surface area contributed by atoms with Crippen molar-refractivity contribution in [3.8, 4) is 0 Å². The molecule has 1 saturated heterocycles. The first-order valence-corrected chi connectivity index (χ1v) is 10.0. The van der Waals surface area contributed by atoms with Crippen molar-refractivity contribution in [3.63, 3.8) is 0 Å². The smallest absolute Gasteiger partial charge is 0.251 e. The number of nitrogens with zero attached hydrogens (tertiary/aromatic N) is 1. The minimum atomic E-state index is -0.0501. The number of carbonyl (C=O) groups excluding carboxylic acids is 1. The molecule has 0 bridgehead atoms. The zero-order valence-corrected chi connectivity index (χ0v) is 20.0. The summed E-state index contributed by atoms with van der Waals surface area (Å²) >= 11 is 0. The van der Waals surface area contributed by atoms with E-state index in [-0.39, 0.29) is 47.9 Å². The maximum Gasteiger partial charge on any atom is 0.251 e. The van der Waals surface area contributed by atoms with Crippen LogP contribution >= 0.6 is 24.0 Å². The summed E-state index contributed by atoms with van der Waals surface area (Å²) in [6, 6.07) is 7.76. The van der Waals surface area contributed by atoms with E-state index in [9.17, 15) is 9.90 Å². The number of aliphatic hydroxyl groups excluding tert-OH is 1. The van der Waals surface area contributed by atoms with Crippen molar-refractivity contribution in [2.24, 2.45) is 10.4 Å². The van der Waals surface area contributed by atoms with Gasteiger partial charge in [-0.3, -0.25) is 9.79 Å². The SMILES string of the molecule is CCC(C)NC(=O)c1cccc(CNC(=NC)NCC2(CCO)CCOC2)c1.I. The molecule has 0 saturated carbocycles. The molecule has 1 heterocycles. The maximum absolute atomic E-state index is 12.3. The predicted octanol–water partition coefficient (Wildman–Crippen LogP) is 2.29. The number of aliphatic hydroxyl groups is 1. The Labute approximate surface area is 191 Å². The number of benzene rings is 1. The van der Waals surface area contributed by atoms with Gasteiger partial charge in [-0.2, -0.15) is 0 Å². The number of ether oxygens (including phenoxy) is 1. The molecule has 0 aromatic heterocycles. The summed E-state index contributed by atoms with van der Waals surface area (Å²) in [5.41, 5.74) is 1.63. The van der Waals surface area contributed by atoms with Gasteiger partial charge in [0.1, 0.15) is 0 Å². The number of amides is 1. The van der Waals surface area contributed by atoms with Crippen LogP contribution in [0.5, 0.6) is 0 Å². The Morgan fingerprint density at radius 1 is 1.38 bits per heavy atom. The van der Waals surface area contributed by atoms with Crippen LogP contribution < -0.4 is 16.0 Å². The van der Waals surface area contributed by atoms with Crippen molar-refractivity contribution < 1.29 is 14.6 Å². The topological polar surface area (TPSA) is 95.0 Å². The zero-order chi connectivity index (χ0) is 20.4. The second-order valence-corrected chi connectivity index (χ2v) is 7.54. The number of nitrogens with one attached hydrogen (secondary N) is 3. The van der Waals surface area contributed by atoms with E-state index in [0.29, 0.717) is 37.6 Å². The Balaban J connectivity index is 0.00000420. The third-order valence-corrected chi connectivity index (χ3v) is 5.32. The second kappa shape index (κ2) is 13.0. The highest BCUT2D eigenvalue weighted by Gasteiger charge is 2.34. The van der Waals surface area contributed by atoms with Crippen molar-refractivity contribution >= 4 is 35.8 Å². The number of carbonyl (C=O) groups is 1. The maximum atomic E-state index is 12.3. The summed E-state index contributed by atoms with van der Waals surface area (Å²) < 4.78 is 5.53. The third-order valence-electron chi connectivity index (χ3n) is 5.32. The Morgan fingerprint density at radius 2 is 2.17 bits per heavy atom. The first-order valence-electron chi connectivity index (χ1n) is 10.0. The van der Waals surface area contributed by atoms with Gasteiger partial charge in [0.25, 0.3) is 5.91 Å². The number of halogens is 1. The van der Waals surface area contributed by atoms with Gasteiger partial charge < -0.3 is 25.8 Å². The molecule has 8 heteroatoms. The van der Waals surface area contributed by atoms with Crippen LogP contribution in [0.25, 0.3) is 0 Å². The van der Waals surface area contributed by atoms with E-state index in [1.165, 1.54) is 0 Å². The zero-order valence-electron chi connectivity index (χ0n) is 17.7. The molecule has 0 radical (unpaired) electrons. The Morgan fingerprint density at radius 3 is 2.79 bits per heavy atom. The quantitative estimate of drug-likeness (QED) is 0.229. The van der Waals surface area contributed by atoms with E-state index >= 15 is 0 Å². The van der Waals surface area contributed by atoms with Gasteiger partial charge in [0, 0.05) is 50.4 Å². The molecule has 1 fully saturated rings. The van der Waals surface area contributed by atoms with Crippen molar-refractivity contribution in [1.82, 2.24) is 16.0 Å². The van der Waals surface area contributed by atoms with Crippen LogP contribution in [0.4, 0.5) is 0 Å². The fourth-order valence-electron chi connectivity index (χ4n) is 3.22. The van der Waals surface area contributed by atoms with E-state index in [1.807, 2.05) is 38.1 Å². The van der Waals surface area contributed by atoms with Crippen molar-refractivity contribution in [3.05, 3.63) is 35.4 Å². The van der Waals surface area contributed by atoms with Crippen LogP contribution in [0.3, 0.4) is 0 Å². The summed E-state index contributed by atoms with van der Waals surface area (Å²) in [4.78, 5) is 16.6. The van der Waals surface area contributed by atoms with Gasteiger partial charge in [-0.1, -0.05) is 19.1 Å². The first kappa shape index (κ1) is 25.6. The van der Waals surface area contributed by atoms with E-state index in [2.05, 4.69) is 20.9 Å². The van der Waals surface area contributed by atoms with Crippen LogP contribution in [0, 0.1) is 5.41 Å². The normalized spacial score (nSPS) is 19.9. The molecule has 1 amide bonds. The molecular formula is C21H35IN4O3.